The van der Waals surface area contributed by atoms with E-state index in [1.807, 2.05) is 13.8 Å². The van der Waals surface area contributed by atoms with Crippen molar-refractivity contribution in [2.24, 2.45) is 0 Å². The molecule has 1 rings (SSSR count). The first-order valence-corrected chi connectivity index (χ1v) is 8.33. The molecule has 0 radical (unpaired) electrons. The van der Waals surface area contributed by atoms with E-state index in [4.69, 9.17) is 4.42 Å². The summed E-state index contributed by atoms with van der Waals surface area (Å²) in [6, 6.07) is 0.612. The number of nitrogens with one attached hydrogen (secondary N) is 1. The molecule has 0 saturated carbocycles. The monoisotopic (exact) mass is 280 g/mol. The first kappa shape index (κ1) is 17.2. The second kappa shape index (κ2) is 9.98. The lowest BCUT2D eigenvalue weighted by atomic mass is 10.0. The van der Waals surface area contributed by atoms with Gasteiger partial charge in [0.05, 0.1) is 12.2 Å². The van der Waals surface area contributed by atoms with Gasteiger partial charge in [0.25, 0.3) is 0 Å². The van der Waals surface area contributed by atoms with Crippen LogP contribution in [0.4, 0.5) is 0 Å². The van der Waals surface area contributed by atoms with E-state index in [0.717, 1.165) is 23.9 Å². The minimum absolute atomic E-state index is 0.612. The van der Waals surface area contributed by atoms with Gasteiger partial charge in [0.15, 0.2) is 0 Å². The van der Waals surface area contributed by atoms with Crippen molar-refractivity contribution in [2.45, 2.75) is 91.6 Å². The molecule has 3 heteroatoms. The summed E-state index contributed by atoms with van der Waals surface area (Å²) in [5.74, 6) is 1.77. The highest BCUT2D eigenvalue weighted by Crippen LogP contribution is 2.13. The van der Waals surface area contributed by atoms with Crippen LogP contribution >= 0.6 is 0 Å². The van der Waals surface area contributed by atoms with E-state index in [1.54, 1.807) is 0 Å². The van der Waals surface area contributed by atoms with E-state index in [2.05, 4.69) is 24.1 Å². The summed E-state index contributed by atoms with van der Waals surface area (Å²) in [6.45, 7) is 9.27. The number of rotatable bonds is 11. The third-order valence-electron chi connectivity index (χ3n) is 3.93. The highest BCUT2D eigenvalue weighted by molar-refractivity contribution is 5.05. The van der Waals surface area contributed by atoms with Gasteiger partial charge >= 0.3 is 0 Å². The molecule has 0 amide bonds. The Labute approximate surface area is 124 Å². The van der Waals surface area contributed by atoms with Crippen LogP contribution in [0.5, 0.6) is 0 Å². The molecule has 0 aromatic carbocycles. The number of aromatic nitrogens is 1. The van der Waals surface area contributed by atoms with Crippen LogP contribution in [0.1, 0.15) is 82.6 Å². The van der Waals surface area contributed by atoms with E-state index in [0.29, 0.717) is 6.04 Å². The average molecular weight is 280 g/mol. The lowest BCUT2D eigenvalue weighted by Gasteiger charge is -2.17. The minimum atomic E-state index is 0.612. The summed E-state index contributed by atoms with van der Waals surface area (Å²) >= 11 is 0. The molecule has 0 aliphatic rings. The molecule has 1 N–H and O–H groups in total. The Kier molecular flexibility index (Phi) is 8.59. The molecule has 0 bridgehead atoms. The predicted octanol–water partition coefficient (Wildman–Crippen LogP) is 4.91. The molecule has 20 heavy (non-hydrogen) atoms. The van der Waals surface area contributed by atoms with Gasteiger partial charge in [-0.1, -0.05) is 52.4 Å². The summed E-state index contributed by atoms with van der Waals surface area (Å²) in [6.07, 6.45) is 10.5. The lowest BCUT2D eigenvalue weighted by Crippen LogP contribution is -2.28. The molecule has 1 aromatic heterocycles. The van der Waals surface area contributed by atoms with Crippen LogP contribution in [-0.4, -0.2) is 11.0 Å². The summed E-state index contributed by atoms with van der Waals surface area (Å²) in [5, 5.41) is 3.64. The van der Waals surface area contributed by atoms with E-state index in [-0.39, 0.29) is 0 Å². The van der Waals surface area contributed by atoms with Crippen LogP contribution in [0.3, 0.4) is 0 Å². The molecule has 0 aliphatic carbocycles. The maximum Gasteiger partial charge on any atom is 0.208 e. The maximum absolute atomic E-state index is 5.64. The lowest BCUT2D eigenvalue weighted by molar-refractivity contribution is 0.381. The average Bonchev–Trinajstić information content (AvgIpc) is 2.75. The molecule has 1 heterocycles. The zero-order chi connectivity index (χ0) is 14.8. The highest BCUT2D eigenvalue weighted by atomic mass is 16.4. The van der Waals surface area contributed by atoms with Crippen molar-refractivity contribution in [2.75, 3.05) is 0 Å². The van der Waals surface area contributed by atoms with Crippen molar-refractivity contribution < 1.29 is 4.42 Å². The molecular formula is C17H32N2O. The van der Waals surface area contributed by atoms with E-state index in [9.17, 15) is 0 Å². The summed E-state index contributed by atoms with van der Waals surface area (Å²) in [7, 11) is 0. The summed E-state index contributed by atoms with van der Waals surface area (Å²) in [4.78, 5) is 4.45. The second-order valence-electron chi connectivity index (χ2n) is 5.82. The quantitative estimate of drug-likeness (QED) is 0.585. The van der Waals surface area contributed by atoms with Gasteiger partial charge in [-0.05, 0) is 26.7 Å². The number of unbranched alkanes of at least 4 members (excludes halogenated alkanes) is 4. The van der Waals surface area contributed by atoms with Crippen molar-refractivity contribution in [3.05, 3.63) is 17.3 Å². The molecule has 0 unspecified atom stereocenters. The van der Waals surface area contributed by atoms with Crippen LogP contribution in [-0.2, 0) is 6.54 Å². The number of aryl methyl sites for hydroxylation is 2. The Hall–Kier alpha value is -0.830. The fourth-order valence-corrected chi connectivity index (χ4v) is 2.48. The molecule has 0 saturated heterocycles. The Balaban J connectivity index is 2.37. The first-order valence-electron chi connectivity index (χ1n) is 8.33. The van der Waals surface area contributed by atoms with Gasteiger partial charge in [0.2, 0.25) is 5.89 Å². The standard InChI is InChI=1S/C17H32N2O/c1-5-7-9-11-16(12-10-8-6-2)18-13-17-19-14(3)15(4)20-17/h16,18H,5-13H2,1-4H3. The zero-order valence-corrected chi connectivity index (χ0v) is 13.8. The predicted molar refractivity (Wildman–Crippen MR) is 84.9 cm³/mol. The van der Waals surface area contributed by atoms with Gasteiger partial charge < -0.3 is 9.73 Å². The number of nitrogens with zero attached hydrogens (tertiary/aromatic N) is 1. The molecule has 0 spiro atoms. The topological polar surface area (TPSA) is 38.1 Å². The van der Waals surface area contributed by atoms with Crippen LogP contribution in [0, 0.1) is 13.8 Å². The van der Waals surface area contributed by atoms with Gasteiger partial charge in [-0.25, -0.2) is 4.98 Å². The molecular weight excluding hydrogens is 248 g/mol. The Morgan fingerprint density at radius 1 is 1.00 bits per heavy atom. The molecule has 0 aliphatic heterocycles. The van der Waals surface area contributed by atoms with Crippen molar-refractivity contribution in [1.29, 1.82) is 0 Å². The van der Waals surface area contributed by atoms with E-state index < -0.39 is 0 Å². The molecule has 3 nitrogen and oxygen atoms in total. The molecule has 0 atom stereocenters. The third kappa shape index (κ3) is 6.56. The molecule has 1 aromatic rings. The van der Waals surface area contributed by atoms with Crippen LogP contribution in [0.2, 0.25) is 0 Å². The fourth-order valence-electron chi connectivity index (χ4n) is 2.48. The van der Waals surface area contributed by atoms with Crippen molar-refractivity contribution in [1.82, 2.24) is 10.3 Å². The SMILES string of the molecule is CCCCCC(CCCCC)NCc1nc(C)c(C)o1. The maximum atomic E-state index is 5.64. The Morgan fingerprint density at radius 3 is 2.05 bits per heavy atom. The van der Waals surface area contributed by atoms with Gasteiger partial charge in [-0.3, -0.25) is 0 Å². The van der Waals surface area contributed by atoms with Crippen LogP contribution in [0.25, 0.3) is 0 Å². The van der Waals surface area contributed by atoms with Gasteiger partial charge in [0.1, 0.15) is 5.76 Å². The number of hydrogen-bond acceptors (Lipinski definition) is 3. The zero-order valence-electron chi connectivity index (χ0n) is 13.8. The van der Waals surface area contributed by atoms with Gasteiger partial charge in [-0.2, -0.15) is 0 Å². The van der Waals surface area contributed by atoms with Crippen molar-refractivity contribution in [3.63, 3.8) is 0 Å². The van der Waals surface area contributed by atoms with Crippen LogP contribution in [0.15, 0.2) is 4.42 Å². The number of hydrogen-bond donors (Lipinski definition) is 1. The van der Waals surface area contributed by atoms with E-state index >= 15 is 0 Å². The highest BCUT2D eigenvalue weighted by Gasteiger charge is 2.10. The van der Waals surface area contributed by atoms with Crippen molar-refractivity contribution in [3.8, 4) is 0 Å². The first-order chi connectivity index (χ1) is 9.67. The molecule has 0 fully saturated rings. The summed E-state index contributed by atoms with van der Waals surface area (Å²) < 4.78 is 5.64. The van der Waals surface area contributed by atoms with E-state index in [1.165, 1.54) is 51.4 Å². The van der Waals surface area contributed by atoms with Gasteiger partial charge in [-0.15, -0.1) is 0 Å². The Morgan fingerprint density at radius 2 is 1.60 bits per heavy atom. The largest absolute Gasteiger partial charge is 0.444 e. The smallest absolute Gasteiger partial charge is 0.208 e. The fraction of sp³-hybridized carbons (Fsp3) is 0.824. The summed E-state index contributed by atoms with van der Waals surface area (Å²) in [5.41, 5.74) is 1.01. The Bertz CT molecular complexity index is 330. The molecule has 116 valence electrons. The minimum Gasteiger partial charge on any atom is -0.444 e. The second-order valence-corrected chi connectivity index (χ2v) is 5.82. The number of oxazole rings is 1. The van der Waals surface area contributed by atoms with Gasteiger partial charge in [0, 0.05) is 6.04 Å². The third-order valence-corrected chi connectivity index (χ3v) is 3.93. The normalized spacial score (nSPS) is 11.4. The van der Waals surface area contributed by atoms with Crippen LogP contribution < -0.4 is 5.32 Å². The van der Waals surface area contributed by atoms with Crippen molar-refractivity contribution >= 4 is 0 Å².